The van der Waals surface area contributed by atoms with E-state index in [4.69, 9.17) is 27.9 Å². The van der Waals surface area contributed by atoms with Crippen molar-refractivity contribution in [1.29, 1.82) is 0 Å². The molecule has 0 aromatic heterocycles. The minimum Gasteiger partial charge on any atom is -0.486 e. The number of carboxylic acid groups (broad SMARTS) is 1. The van der Waals surface area contributed by atoms with Gasteiger partial charge in [0.1, 0.15) is 23.0 Å². The Morgan fingerprint density at radius 2 is 1.69 bits per heavy atom. The molecule has 3 atom stereocenters. The topological polar surface area (TPSA) is 78.8 Å². The number of β-amino-alcohol motifs (C(OH)–C–C–N with tert-alkyl or cyclic N) is 1. The van der Waals surface area contributed by atoms with Crippen molar-refractivity contribution in [3.05, 3.63) is 63.1 Å². The number of nitrogens with one attached hydrogen (secondary N) is 1. The average molecular weight is 523 g/mol. The molecule has 35 heavy (non-hydrogen) atoms. The molecule has 7 heteroatoms. The summed E-state index contributed by atoms with van der Waals surface area (Å²) in [6.45, 7) is 8.13. The summed E-state index contributed by atoms with van der Waals surface area (Å²) in [5.41, 5.74) is 3.29. The zero-order chi connectivity index (χ0) is 25.8. The lowest BCUT2D eigenvalue weighted by Crippen LogP contribution is -2.51. The Morgan fingerprint density at radius 3 is 2.23 bits per heavy atom. The summed E-state index contributed by atoms with van der Waals surface area (Å²) in [4.78, 5) is 11.3. The number of ether oxygens (including phenoxy) is 1. The van der Waals surface area contributed by atoms with Gasteiger partial charge in [-0.25, -0.2) is 0 Å². The highest BCUT2D eigenvalue weighted by Crippen LogP contribution is 2.39. The van der Waals surface area contributed by atoms with Gasteiger partial charge in [0.25, 0.3) is 0 Å². The van der Waals surface area contributed by atoms with Crippen LogP contribution in [0.1, 0.15) is 69.6 Å². The fourth-order valence-electron chi connectivity index (χ4n) is 5.08. The van der Waals surface area contributed by atoms with Crippen molar-refractivity contribution in [3.63, 3.8) is 0 Å². The summed E-state index contributed by atoms with van der Waals surface area (Å²) in [6, 6.07) is 11.9. The van der Waals surface area contributed by atoms with Crippen molar-refractivity contribution >= 4 is 29.2 Å². The minimum absolute atomic E-state index is 0.0526. The van der Waals surface area contributed by atoms with E-state index in [-0.39, 0.29) is 15.6 Å². The predicted molar refractivity (Wildman–Crippen MR) is 142 cm³/mol. The maximum absolute atomic E-state index is 11.3. The van der Waals surface area contributed by atoms with E-state index in [1.165, 1.54) is 11.1 Å². The summed E-state index contributed by atoms with van der Waals surface area (Å²) >= 11 is 12.7. The van der Waals surface area contributed by atoms with Crippen molar-refractivity contribution in [2.75, 3.05) is 6.54 Å². The minimum atomic E-state index is -0.983. The molecule has 0 saturated carbocycles. The van der Waals surface area contributed by atoms with Gasteiger partial charge in [0.15, 0.2) is 0 Å². The van der Waals surface area contributed by atoms with Gasteiger partial charge in [0.05, 0.1) is 10.9 Å². The van der Waals surface area contributed by atoms with Crippen molar-refractivity contribution in [3.8, 4) is 5.75 Å². The highest BCUT2D eigenvalue weighted by Gasteiger charge is 2.33. The summed E-state index contributed by atoms with van der Waals surface area (Å²) in [5, 5.41) is 24.1. The van der Waals surface area contributed by atoms with Gasteiger partial charge in [-0.3, -0.25) is 4.79 Å². The molecular formula is C28H37Cl2NO4. The summed E-state index contributed by atoms with van der Waals surface area (Å²) in [7, 11) is 0. The molecule has 2 aromatic carbocycles. The molecule has 0 amide bonds. The number of hydrogen-bond donors (Lipinski definition) is 3. The van der Waals surface area contributed by atoms with Gasteiger partial charge in [0, 0.05) is 12.1 Å². The van der Waals surface area contributed by atoms with Crippen LogP contribution in [0.4, 0.5) is 0 Å². The maximum atomic E-state index is 11.3. The number of aliphatic hydroxyl groups excluding tert-OH is 1. The molecule has 3 rings (SSSR count). The van der Waals surface area contributed by atoms with Crippen LogP contribution in [0.3, 0.4) is 0 Å². The van der Waals surface area contributed by atoms with E-state index in [9.17, 15) is 15.0 Å². The summed E-state index contributed by atoms with van der Waals surface area (Å²) < 4.78 is 5.94. The lowest BCUT2D eigenvalue weighted by Gasteiger charge is -2.37. The van der Waals surface area contributed by atoms with Crippen LogP contribution in [0.15, 0.2) is 36.4 Å². The third-order valence-electron chi connectivity index (χ3n) is 7.62. The van der Waals surface area contributed by atoms with Crippen LogP contribution in [-0.2, 0) is 17.6 Å². The lowest BCUT2D eigenvalue weighted by atomic mass is 9.81. The van der Waals surface area contributed by atoms with E-state index < -0.39 is 24.1 Å². The van der Waals surface area contributed by atoms with E-state index in [1.807, 2.05) is 0 Å². The molecule has 0 saturated heterocycles. The third-order valence-corrected chi connectivity index (χ3v) is 8.50. The molecule has 0 aliphatic heterocycles. The smallest absolute Gasteiger partial charge is 0.310 e. The number of carboxylic acids is 1. The van der Waals surface area contributed by atoms with E-state index in [2.05, 4.69) is 43.4 Å². The maximum Gasteiger partial charge on any atom is 0.310 e. The number of aliphatic hydroxyl groups is 1. The first-order chi connectivity index (χ1) is 16.6. The summed E-state index contributed by atoms with van der Waals surface area (Å²) in [6.07, 6.45) is 3.92. The van der Waals surface area contributed by atoms with Crippen molar-refractivity contribution in [2.24, 2.45) is 5.92 Å². The van der Waals surface area contributed by atoms with Crippen LogP contribution in [0, 0.1) is 5.92 Å². The zero-order valence-electron chi connectivity index (χ0n) is 21.0. The van der Waals surface area contributed by atoms with Crippen molar-refractivity contribution in [1.82, 2.24) is 5.32 Å². The first-order valence-corrected chi connectivity index (χ1v) is 13.2. The standard InChI is InChI=1S/C28H37Cl2NO4/c1-5-28(6-2,15-19-13-20-9-7-8-10-21(20)14-19)31-16-23(32)18(4)35-24-12-11-22(17(3)27(33)34)25(29)26(24)30/h7-12,17-19,23,31-32H,5-6,13-16H2,1-4H3,(H,33,34)/t17?,18-,23-/m0/s1. The second-order valence-electron chi connectivity index (χ2n) is 9.85. The Bertz CT molecular complexity index is 999. The van der Waals surface area contributed by atoms with Gasteiger partial charge in [0.2, 0.25) is 0 Å². The highest BCUT2D eigenvalue weighted by atomic mass is 35.5. The van der Waals surface area contributed by atoms with E-state index >= 15 is 0 Å². The fourth-order valence-corrected chi connectivity index (χ4v) is 5.62. The van der Waals surface area contributed by atoms with E-state index in [0.717, 1.165) is 32.1 Å². The highest BCUT2D eigenvalue weighted by molar-refractivity contribution is 6.43. The van der Waals surface area contributed by atoms with E-state index in [0.29, 0.717) is 23.8 Å². The molecule has 192 valence electrons. The molecule has 0 fully saturated rings. The molecule has 0 bridgehead atoms. The van der Waals surface area contributed by atoms with Gasteiger partial charge >= 0.3 is 5.97 Å². The fraction of sp³-hybridized carbons (Fsp3) is 0.536. The van der Waals surface area contributed by atoms with Gasteiger partial charge < -0.3 is 20.3 Å². The van der Waals surface area contributed by atoms with Crippen LogP contribution >= 0.6 is 23.2 Å². The van der Waals surface area contributed by atoms with Crippen molar-refractivity contribution in [2.45, 2.75) is 83.5 Å². The number of fused-ring (bicyclic) bond motifs is 1. The van der Waals surface area contributed by atoms with Crippen LogP contribution in [0.25, 0.3) is 0 Å². The van der Waals surface area contributed by atoms with Gasteiger partial charge in [-0.05, 0) is 74.6 Å². The normalized spacial score (nSPS) is 16.5. The second kappa shape index (κ2) is 12.0. The first-order valence-electron chi connectivity index (χ1n) is 12.5. The predicted octanol–water partition coefficient (Wildman–Crippen LogP) is 6.26. The number of aliphatic carboxylic acids is 1. The third kappa shape index (κ3) is 6.51. The Balaban J connectivity index is 1.60. The second-order valence-corrected chi connectivity index (χ2v) is 10.6. The monoisotopic (exact) mass is 521 g/mol. The zero-order valence-corrected chi connectivity index (χ0v) is 22.5. The Kier molecular flexibility index (Phi) is 9.50. The molecule has 5 nitrogen and oxygen atoms in total. The molecule has 0 spiro atoms. The lowest BCUT2D eigenvalue weighted by molar-refractivity contribution is -0.138. The van der Waals surface area contributed by atoms with Gasteiger partial charge in [-0.15, -0.1) is 0 Å². The number of carbonyl (C=O) groups is 1. The number of hydrogen-bond acceptors (Lipinski definition) is 4. The molecular weight excluding hydrogens is 485 g/mol. The summed E-state index contributed by atoms with van der Waals surface area (Å²) in [5.74, 6) is -0.850. The van der Waals surface area contributed by atoms with Gasteiger partial charge in [-0.1, -0.05) is 67.4 Å². The molecule has 0 radical (unpaired) electrons. The van der Waals surface area contributed by atoms with Crippen molar-refractivity contribution < 1.29 is 19.7 Å². The van der Waals surface area contributed by atoms with Crippen LogP contribution in [0.5, 0.6) is 5.75 Å². The molecule has 1 aliphatic carbocycles. The first kappa shape index (κ1) is 27.8. The van der Waals surface area contributed by atoms with Gasteiger partial charge in [-0.2, -0.15) is 0 Å². The molecule has 2 aromatic rings. The van der Waals surface area contributed by atoms with Crippen LogP contribution in [0.2, 0.25) is 10.0 Å². The number of rotatable bonds is 12. The van der Waals surface area contributed by atoms with Crippen LogP contribution < -0.4 is 10.1 Å². The number of halogens is 2. The molecule has 3 N–H and O–H groups in total. The quantitative estimate of drug-likeness (QED) is 0.307. The molecule has 1 unspecified atom stereocenters. The SMILES string of the molecule is CCC(CC)(CC1Cc2ccccc2C1)NC[C@H](O)[C@H](C)Oc1ccc(C(C)C(=O)O)c(Cl)c1Cl. The Morgan fingerprint density at radius 1 is 1.09 bits per heavy atom. The Labute approximate surface area is 218 Å². The average Bonchev–Trinajstić information content (AvgIpc) is 3.26. The van der Waals surface area contributed by atoms with Crippen LogP contribution in [-0.4, -0.2) is 40.5 Å². The number of benzene rings is 2. The molecule has 0 heterocycles. The van der Waals surface area contributed by atoms with E-state index in [1.54, 1.807) is 26.0 Å². The largest absolute Gasteiger partial charge is 0.486 e. The Hall–Kier alpha value is -1.79. The molecule has 1 aliphatic rings.